The van der Waals surface area contributed by atoms with Crippen LogP contribution in [0.2, 0.25) is 0 Å². The standard InChI is InChI=1S/C25H31N7O7S2.ClH/c1-4-13(2)16(26)23(36)38-12-39-24(37)18-15(11-41-25-28-29-30-31(25)3)10-40-22-17(21(35)32(18)22)27-20(34)19(33)14-8-6-5-7-9-14;/h5-9,13,16-17,19,22,33H,4,10-12,26H2,1-3H3,(H,27,34);1H/t13-,16-,17+,19+,22+;/m0./s1. The highest BCUT2D eigenvalue weighted by molar-refractivity contribution is 8.01. The highest BCUT2D eigenvalue weighted by Crippen LogP contribution is 2.42. The number of aromatic nitrogens is 4. The summed E-state index contributed by atoms with van der Waals surface area (Å²) < 4.78 is 11.8. The fourth-order valence-corrected chi connectivity index (χ4v) is 6.42. The van der Waals surface area contributed by atoms with Gasteiger partial charge in [0.1, 0.15) is 23.2 Å². The van der Waals surface area contributed by atoms with Crippen LogP contribution >= 0.6 is 35.9 Å². The molecule has 0 radical (unpaired) electrons. The van der Waals surface area contributed by atoms with Gasteiger partial charge in [0, 0.05) is 18.6 Å². The van der Waals surface area contributed by atoms with Crippen molar-refractivity contribution < 1.29 is 33.8 Å². The first kappa shape index (κ1) is 33.3. The Bertz CT molecular complexity index is 1330. The minimum atomic E-state index is -1.46. The Morgan fingerprint density at radius 3 is 2.62 bits per heavy atom. The van der Waals surface area contributed by atoms with Crippen molar-refractivity contribution in [2.75, 3.05) is 18.3 Å². The number of carbonyl (C=O) groups is 4. The van der Waals surface area contributed by atoms with E-state index in [4.69, 9.17) is 15.2 Å². The number of esters is 2. The normalized spacial score (nSPS) is 19.9. The second-order valence-electron chi connectivity index (χ2n) is 9.46. The first-order valence-electron chi connectivity index (χ1n) is 12.8. The Morgan fingerprint density at radius 1 is 1.26 bits per heavy atom. The van der Waals surface area contributed by atoms with E-state index in [1.807, 2.05) is 13.8 Å². The molecule has 4 rings (SSSR count). The number of aliphatic hydroxyl groups is 1. The minimum Gasteiger partial charge on any atom is -0.427 e. The molecule has 2 amide bonds. The molecule has 5 atom stereocenters. The molecular formula is C25H32ClN7O7S2. The fraction of sp³-hybridized carbons (Fsp3) is 0.480. The molecule has 1 aromatic carbocycles. The van der Waals surface area contributed by atoms with Gasteiger partial charge in [0.05, 0.1) is 0 Å². The number of thioether (sulfide) groups is 2. The van der Waals surface area contributed by atoms with Crippen molar-refractivity contribution >= 4 is 59.7 Å². The Hall–Kier alpha value is -3.18. The summed E-state index contributed by atoms with van der Waals surface area (Å²) >= 11 is 2.62. The molecule has 0 spiro atoms. The van der Waals surface area contributed by atoms with Crippen LogP contribution < -0.4 is 11.1 Å². The number of β-lactam (4-membered cyclic amide) rings is 1. The number of fused-ring (bicyclic) bond motifs is 1. The van der Waals surface area contributed by atoms with Crippen LogP contribution in [0.25, 0.3) is 0 Å². The summed E-state index contributed by atoms with van der Waals surface area (Å²) in [6.45, 7) is 3.02. The average molecular weight is 642 g/mol. The Morgan fingerprint density at radius 2 is 1.98 bits per heavy atom. The molecule has 1 fully saturated rings. The molecule has 0 saturated carbocycles. The van der Waals surface area contributed by atoms with E-state index < -0.39 is 54.1 Å². The molecule has 1 aromatic heterocycles. The van der Waals surface area contributed by atoms with E-state index in [0.717, 1.165) is 0 Å². The number of aryl methyl sites for hydroxylation is 1. The van der Waals surface area contributed by atoms with E-state index in [1.54, 1.807) is 37.4 Å². The van der Waals surface area contributed by atoms with Crippen LogP contribution in [0.4, 0.5) is 0 Å². The number of aliphatic hydroxyl groups excluding tert-OH is 1. The summed E-state index contributed by atoms with van der Waals surface area (Å²) in [6.07, 6.45) is -0.795. The molecule has 0 unspecified atom stereocenters. The van der Waals surface area contributed by atoms with Crippen molar-refractivity contribution in [2.45, 2.75) is 49.0 Å². The molecular weight excluding hydrogens is 610 g/mol. The van der Waals surface area contributed by atoms with Gasteiger partial charge in [-0.15, -0.1) is 29.3 Å². The number of benzene rings is 1. The summed E-state index contributed by atoms with van der Waals surface area (Å²) in [5.41, 5.74) is 6.84. The van der Waals surface area contributed by atoms with E-state index in [9.17, 15) is 24.3 Å². The van der Waals surface area contributed by atoms with Gasteiger partial charge in [-0.05, 0) is 27.5 Å². The number of hydrogen-bond donors (Lipinski definition) is 3. The van der Waals surface area contributed by atoms with Gasteiger partial charge in [0.15, 0.2) is 6.10 Å². The van der Waals surface area contributed by atoms with Crippen molar-refractivity contribution in [1.29, 1.82) is 0 Å². The zero-order valence-electron chi connectivity index (χ0n) is 23.0. The van der Waals surface area contributed by atoms with Gasteiger partial charge in [0.2, 0.25) is 11.9 Å². The maximum Gasteiger partial charge on any atom is 0.357 e. The first-order valence-corrected chi connectivity index (χ1v) is 14.8. The molecule has 0 aliphatic carbocycles. The van der Waals surface area contributed by atoms with E-state index >= 15 is 0 Å². The fourth-order valence-electron chi connectivity index (χ4n) is 4.09. The Balaban J connectivity index is 0.00000484. The monoisotopic (exact) mass is 641 g/mol. The summed E-state index contributed by atoms with van der Waals surface area (Å²) in [5.74, 6) is -2.36. The van der Waals surface area contributed by atoms with E-state index in [2.05, 4.69) is 20.8 Å². The summed E-state index contributed by atoms with van der Waals surface area (Å²) in [6, 6.07) is 6.51. The lowest BCUT2D eigenvalue weighted by molar-refractivity contribution is -0.169. The molecule has 1 saturated heterocycles. The van der Waals surface area contributed by atoms with Gasteiger partial charge in [0.25, 0.3) is 11.8 Å². The van der Waals surface area contributed by atoms with Crippen molar-refractivity contribution in [1.82, 2.24) is 30.4 Å². The van der Waals surface area contributed by atoms with E-state index in [1.165, 1.54) is 33.1 Å². The number of nitrogens with zero attached hydrogens (tertiary/aromatic N) is 5. The van der Waals surface area contributed by atoms with Gasteiger partial charge in [-0.25, -0.2) is 9.48 Å². The predicted octanol–water partition coefficient (Wildman–Crippen LogP) is 0.529. The van der Waals surface area contributed by atoms with Crippen molar-refractivity contribution in [3.05, 3.63) is 47.2 Å². The van der Waals surface area contributed by atoms with Gasteiger partial charge < -0.3 is 25.6 Å². The summed E-state index contributed by atoms with van der Waals surface area (Å²) in [4.78, 5) is 52.7. The van der Waals surface area contributed by atoms with Crippen LogP contribution in [0.1, 0.15) is 31.9 Å². The van der Waals surface area contributed by atoms with E-state index in [-0.39, 0.29) is 29.8 Å². The largest absolute Gasteiger partial charge is 0.427 e. The Kier molecular flexibility index (Phi) is 11.8. The molecule has 42 heavy (non-hydrogen) atoms. The van der Waals surface area contributed by atoms with Crippen LogP contribution in [-0.2, 0) is 35.7 Å². The van der Waals surface area contributed by atoms with Gasteiger partial charge in [-0.3, -0.25) is 19.3 Å². The number of hydrogen-bond acceptors (Lipinski definition) is 13. The first-order chi connectivity index (χ1) is 19.6. The molecule has 0 bridgehead atoms. The highest BCUT2D eigenvalue weighted by Gasteiger charge is 2.54. The van der Waals surface area contributed by atoms with E-state index in [0.29, 0.717) is 28.5 Å². The minimum absolute atomic E-state index is 0. The smallest absolute Gasteiger partial charge is 0.357 e. The number of halogens is 1. The van der Waals surface area contributed by atoms with Crippen LogP contribution in [-0.4, -0.2) is 89.7 Å². The number of amides is 2. The number of ether oxygens (including phenoxy) is 2. The lowest BCUT2D eigenvalue weighted by Gasteiger charge is -2.49. The molecule has 228 valence electrons. The topological polar surface area (TPSA) is 192 Å². The van der Waals surface area contributed by atoms with Gasteiger partial charge >= 0.3 is 11.9 Å². The maximum absolute atomic E-state index is 13.2. The second-order valence-corrected chi connectivity index (χ2v) is 11.5. The van der Waals surface area contributed by atoms with Crippen LogP contribution in [0.5, 0.6) is 0 Å². The summed E-state index contributed by atoms with van der Waals surface area (Å²) in [5, 5.41) is 24.2. The number of rotatable bonds is 12. The zero-order valence-corrected chi connectivity index (χ0v) is 25.5. The van der Waals surface area contributed by atoms with Crippen molar-refractivity contribution in [3.8, 4) is 0 Å². The van der Waals surface area contributed by atoms with Crippen molar-refractivity contribution in [3.63, 3.8) is 0 Å². The molecule has 2 aliphatic heterocycles. The van der Waals surface area contributed by atoms with Crippen LogP contribution in [0, 0.1) is 5.92 Å². The molecule has 2 aromatic rings. The number of nitrogens with one attached hydrogen (secondary N) is 1. The van der Waals surface area contributed by atoms with Crippen molar-refractivity contribution in [2.24, 2.45) is 18.7 Å². The lowest BCUT2D eigenvalue weighted by Crippen LogP contribution is -2.71. The SMILES string of the molecule is CC[C@H](C)[C@H](N)C(=O)OCOC(=O)C1=C(CSc2nnnn2C)CS[C@@H]2[C@H](NC(=O)[C@H](O)c3ccccc3)C(=O)N12.Cl. The zero-order chi connectivity index (χ0) is 29.7. The third-order valence-corrected chi connectivity index (χ3v) is 9.22. The lowest BCUT2D eigenvalue weighted by atomic mass is 10.0. The summed E-state index contributed by atoms with van der Waals surface area (Å²) in [7, 11) is 1.67. The quantitative estimate of drug-likeness (QED) is 0.126. The highest BCUT2D eigenvalue weighted by atomic mass is 35.5. The third-order valence-electron chi connectivity index (χ3n) is 6.78. The third kappa shape index (κ3) is 7.23. The molecule has 14 nitrogen and oxygen atoms in total. The molecule has 17 heteroatoms. The van der Waals surface area contributed by atoms with Crippen LogP contribution in [0.15, 0.2) is 46.8 Å². The molecule has 3 heterocycles. The Labute approximate surface area is 256 Å². The van der Waals surface area contributed by atoms with Crippen LogP contribution in [0.3, 0.4) is 0 Å². The number of tetrazole rings is 1. The molecule has 2 aliphatic rings. The maximum atomic E-state index is 13.2. The second kappa shape index (κ2) is 14.8. The molecule has 4 N–H and O–H groups in total. The average Bonchev–Trinajstić information content (AvgIpc) is 3.41. The predicted molar refractivity (Wildman–Crippen MR) is 155 cm³/mol. The number of carbonyl (C=O) groups excluding carboxylic acids is 4. The van der Waals surface area contributed by atoms with Gasteiger partial charge in [-0.1, -0.05) is 62.4 Å². The van der Waals surface area contributed by atoms with Gasteiger partial charge in [-0.2, -0.15) is 0 Å². The number of nitrogens with two attached hydrogens (primary N) is 1.